The van der Waals surface area contributed by atoms with Crippen molar-refractivity contribution in [3.05, 3.63) is 64.5 Å². The van der Waals surface area contributed by atoms with Gasteiger partial charge in [-0.3, -0.25) is 4.79 Å². The highest BCUT2D eigenvalue weighted by Crippen LogP contribution is 2.25. The van der Waals surface area contributed by atoms with Gasteiger partial charge in [0.1, 0.15) is 4.88 Å². The molecule has 2 aromatic carbocycles. The molecule has 1 N–H and O–H groups in total. The van der Waals surface area contributed by atoms with E-state index in [1.165, 1.54) is 11.3 Å². The summed E-state index contributed by atoms with van der Waals surface area (Å²) >= 11 is 1.36. The van der Waals surface area contributed by atoms with E-state index in [1.807, 2.05) is 56.3 Å². The zero-order valence-electron chi connectivity index (χ0n) is 13.5. The number of ether oxygens (including phenoxy) is 1. The molecule has 0 aliphatic rings. The lowest BCUT2D eigenvalue weighted by Gasteiger charge is -2.10. The normalized spacial score (nSPS) is 10.6. The minimum atomic E-state index is -0.479. The van der Waals surface area contributed by atoms with Crippen LogP contribution in [0.25, 0.3) is 10.1 Å². The highest BCUT2D eigenvalue weighted by molar-refractivity contribution is 7.20. The maximum atomic E-state index is 12.1. The predicted octanol–water partition coefficient (Wildman–Crippen LogP) is 4.31. The van der Waals surface area contributed by atoms with Crippen LogP contribution >= 0.6 is 11.3 Å². The van der Waals surface area contributed by atoms with Crippen LogP contribution in [0, 0.1) is 13.8 Å². The maximum Gasteiger partial charge on any atom is 0.348 e. The Morgan fingerprint density at radius 2 is 1.88 bits per heavy atom. The number of nitrogens with one attached hydrogen (secondary N) is 1. The highest BCUT2D eigenvalue weighted by Gasteiger charge is 2.14. The molecule has 0 saturated heterocycles. The number of benzene rings is 2. The third kappa shape index (κ3) is 3.46. The van der Waals surface area contributed by atoms with E-state index in [1.54, 1.807) is 6.07 Å². The van der Waals surface area contributed by atoms with Crippen molar-refractivity contribution >= 4 is 39.0 Å². The molecule has 0 radical (unpaired) electrons. The van der Waals surface area contributed by atoms with Crippen molar-refractivity contribution < 1.29 is 14.3 Å². The molecule has 24 heavy (non-hydrogen) atoms. The van der Waals surface area contributed by atoms with Gasteiger partial charge in [-0.2, -0.15) is 0 Å². The summed E-state index contributed by atoms with van der Waals surface area (Å²) in [6.07, 6.45) is 0. The van der Waals surface area contributed by atoms with Crippen LogP contribution in [0.1, 0.15) is 20.8 Å². The molecule has 3 aromatic rings. The van der Waals surface area contributed by atoms with Crippen molar-refractivity contribution in [2.45, 2.75) is 13.8 Å². The lowest BCUT2D eigenvalue weighted by atomic mass is 10.1. The first-order valence-electron chi connectivity index (χ1n) is 7.56. The van der Waals surface area contributed by atoms with E-state index in [0.717, 1.165) is 26.9 Å². The lowest BCUT2D eigenvalue weighted by Crippen LogP contribution is -2.21. The minimum Gasteiger partial charge on any atom is -0.451 e. The summed E-state index contributed by atoms with van der Waals surface area (Å²) in [5.41, 5.74) is 2.83. The molecule has 0 aliphatic heterocycles. The molecule has 122 valence electrons. The largest absolute Gasteiger partial charge is 0.451 e. The second-order valence-electron chi connectivity index (χ2n) is 5.52. The third-order valence-corrected chi connectivity index (χ3v) is 4.94. The zero-order chi connectivity index (χ0) is 17.1. The molecule has 1 amide bonds. The van der Waals surface area contributed by atoms with Gasteiger partial charge in [0.2, 0.25) is 0 Å². The van der Waals surface area contributed by atoms with Crippen LogP contribution in [0.5, 0.6) is 0 Å². The predicted molar refractivity (Wildman–Crippen MR) is 96.7 cm³/mol. The van der Waals surface area contributed by atoms with Gasteiger partial charge in [-0.05, 0) is 48.6 Å². The summed E-state index contributed by atoms with van der Waals surface area (Å²) < 4.78 is 6.14. The molecule has 0 fully saturated rings. The molecule has 1 aromatic heterocycles. The van der Waals surface area contributed by atoms with Crippen molar-refractivity contribution in [1.82, 2.24) is 0 Å². The van der Waals surface area contributed by atoms with E-state index in [-0.39, 0.29) is 12.5 Å². The Morgan fingerprint density at radius 1 is 1.08 bits per heavy atom. The standard InChI is InChI=1S/C19H17NO3S/c1-12-6-5-8-15(13(12)2)20-18(21)11-23-19(22)17-10-14-7-3-4-9-16(14)24-17/h3-10H,11H2,1-2H3,(H,20,21). The first-order chi connectivity index (χ1) is 11.5. The van der Waals surface area contributed by atoms with Crippen molar-refractivity contribution in [3.63, 3.8) is 0 Å². The Hall–Kier alpha value is -2.66. The summed E-state index contributed by atoms with van der Waals surface area (Å²) in [4.78, 5) is 24.6. The fourth-order valence-corrected chi connectivity index (χ4v) is 3.31. The maximum absolute atomic E-state index is 12.1. The van der Waals surface area contributed by atoms with Crippen LogP contribution in [0.3, 0.4) is 0 Å². The number of rotatable bonds is 4. The fraction of sp³-hybridized carbons (Fsp3) is 0.158. The van der Waals surface area contributed by atoms with Crippen molar-refractivity contribution in [2.75, 3.05) is 11.9 Å². The third-order valence-electron chi connectivity index (χ3n) is 3.84. The van der Waals surface area contributed by atoms with Gasteiger partial charge in [0.15, 0.2) is 6.61 Å². The Kier molecular flexibility index (Phi) is 4.62. The van der Waals surface area contributed by atoms with Gasteiger partial charge in [0.05, 0.1) is 0 Å². The SMILES string of the molecule is Cc1cccc(NC(=O)COC(=O)c2cc3ccccc3s2)c1C. The molecule has 0 atom stereocenters. The van der Waals surface area contributed by atoms with Gasteiger partial charge < -0.3 is 10.1 Å². The number of fused-ring (bicyclic) bond motifs is 1. The number of hydrogen-bond acceptors (Lipinski definition) is 4. The van der Waals surface area contributed by atoms with Gasteiger partial charge in [0, 0.05) is 10.4 Å². The molecule has 4 nitrogen and oxygen atoms in total. The number of anilines is 1. The number of amides is 1. The summed E-state index contributed by atoms with van der Waals surface area (Å²) in [6, 6.07) is 15.2. The first-order valence-corrected chi connectivity index (χ1v) is 8.38. The summed E-state index contributed by atoms with van der Waals surface area (Å²) in [6.45, 7) is 3.61. The molecule has 0 bridgehead atoms. The Morgan fingerprint density at radius 3 is 2.67 bits per heavy atom. The monoisotopic (exact) mass is 339 g/mol. The zero-order valence-corrected chi connectivity index (χ0v) is 14.3. The van der Waals surface area contributed by atoms with Crippen LogP contribution in [-0.2, 0) is 9.53 Å². The number of carbonyl (C=O) groups excluding carboxylic acids is 2. The number of thiophene rings is 1. The quantitative estimate of drug-likeness (QED) is 0.721. The van der Waals surface area contributed by atoms with E-state index in [0.29, 0.717) is 4.88 Å². The summed E-state index contributed by atoms with van der Waals surface area (Å²) in [7, 11) is 0. The van der Waals surface area contributed by atoms with Crippen LogP contribution in [0.4, 0.5) is 5.69 Å². The molecule has 0 spiro atoms. The van der Waals surface area contributed by atoms with Crippen molar-refractivity contribution in [3.8, 4) is 0 Å². The van der Waals surface area contributed by atoms with Gasteiger partial charge in [0.25, 0.3) is 5.91 Å². The van der Waals surface area contributed by atoms with Gasteiger partial charge in [-0.15, -0.1) is 11.3 Å². The molecule has 0 aliphatic carbocycles. The minimum absolute atomic E-state index is 0.305. The molecular formula is C19H17NO3S. The molecule has 1 heterocycles. The van der Waals surface area contributed by atoms with Crippen LogP contribution in [0.2, 0.25) is 0 Å². The van der Waals surface area contributed by atoms with E-state index < -0.39 is 5.97 Å². The van der Waals surface area contributed by atoms with Crippen molar-refractivity contribution in [1.29, 1.82) is 0 Å². The van der Waals surface area contributed by atoms with E-state index in [2.05, 4.69) is 5.32 Å². The second kappa shape index (κ2) is 6.84. The molecule has 0 unspecified atom stereocenters. The summed E-state index contributed by atoms with van der Waals surface area (Å²) in [5.74, 6) is -0.828. The Balaban J connectivity index is 1.61. The topological polar surface area (TPSA) is 55.4 Å². The second-order valence-corrected chi connectivity index (χ2v) is 6.60. The Labute approximate surface area is 144 Å². The average molecular weight is 339 g/mol. The molecule has 3 rings (SSSR count). The van der Waals surface area contributed by atoms with Crippen molar-refractivity contribution in [2.24, 2.45) is 0 Å². The van der Waals surface area contributed by atoms with E-state index >= 15 is 0 Å². The number of hydrogen-bond donors (Lipinski definition) is 1. The van der Waals surface area contributed by atoms with Gasteiger partial charge in [-0.1, -0.05) is 30.3 Å². The number of aryl methyl sites for hydroxylation is 1. The van der Waals surface area contributed by atoms with E-state index in [4.69, 9.17) is 4.74 Å². The van der Waals surface area contributed by atoms with Crippen LogP contribution < -0.4 is 5.32 Å². The Bertz CT molecular complexity index is 881. The molecule has 5 heteroatoms. The average Bonchev–Trinajstić information content (AvgIpc) is 3.01. The van der Waals surface area contributed by atoms with Gasteiger partial charge >= 0.3 is 5.97 Å². The number of carbonyl (C=O) groups is 2. The lowest BCUT2D eigenvalue weighted by molar-refractivity contribution is -0.119. The first kappa shape index (κ1) is 16.2. The van der Waals surface area contributed by atoms with Gasteiger partial charge in [-0.25, -0.2) is 4.79 Å². The molecular weight excluding hydrogens is 322 g/mol. The fourth-order valence-electron chi connectivity index (χ4n) is 2.36. The van der Waals surface area contributed by atoms with E-state index in [9.17, 15) is 9.59 Å². The van der Waals surface area contributed by atoms with Crippen LogP contribution in [0.15, 0.2) is 48.5 Å². The van der Waals surface area contributed by atoms with Crippen LogP contribution in [-0.4, -0.2) is 18.5 Å². The highest BCUT2D eigenvalue weighted by atomic mass is 32.1. The summed E-state index contributed by atoms with van der Waals surface area (Å²) in [5, 5.41) is 3.77. The molecule has 0 saturated carbocycles. The smallest absolute Gasteiger partial charge is 0.348 e. The number of esters is 1.